The zero-order chi connectivity index (χ0) is 16.0. The number of nitrogens with two attached hydrogens (primary N) is 1. The fourth-order valence-corrected chi connectivity index (χ4v) is 3.05. The van der Waals surface area contributed by atoms with E-state index in [-0.39, 0.29) is 17.3 Å². The standard InChI is InChI=1S/C17H24N2O3/c1-22-16(21)8-5-10-19-11-9-17(13-18,12-15(19)20)14-6-3-2-4-7-14/h2-4,6-7H,5,8-13,18H2,1H3/t17-/m0/s1. The zero-order valence-corrected chi connectivity index (χ0v) is 13.1. The third-order valence-corrected chi connectivity index (χ3v) is 4.52. The molecule has 5 heteroatoms. The van der Waals surface area contributed by atoms with Gasteiger partial charge in [0.15, 0.2) is 0 Å². The van der Waals surface area contributed by atoms with Crippen LogP contribution in [0.25, 0.3) is 0 Å². The molecule has 120 valence electrons. The number of carbonyl (C=O) groups excluding carboxylic acids is 2. The first-order valence-electron chi connectivity index (χ1n) is 7.71. The number of amides is 1. The van der Waals surface area contributed by atoms with Crippen LogP contribution in [0.4, 0.5) is 0 Å². The summed E-state index contributed by atoms with van der Waals surface area (Å²) in [7, 11) is 1.38. The highest BCUT2D eigenvalue weighted by atomic mass is 16.5. The Morgan fingerprint density at radius 2 is 2.09 bits per heavy atom. The van der Waals surface area contributed by atoms with Gasteiger partial charge in [-0.3, -0.25) is 9.59 Å². The molecule has 5 nitrogen and oxygen atoms in total. The number of methoxy groups -OCH3 is 1. The monoisotopic (exact) mass is 304 g/mol. The summed E-state index contributed by atoms with van der Waals surface area (Å²) in [5.41, 5.74) is 6.89. The Labute approximate surface area is 131 Å². The van der Waals surface area contributed by atoms with E-state index in [0.29, 0.717) is 38.9 Å². The molecule has 0 radical (unpaired) electrons. The van der Waals surface area contributed by atoms with E-state index in [1.807, 2.05) is 35.2 Å². The van der Waals surface area contributed by atoms with E-state index < -0.39 is 0 Å². The summed E-state index contributed by atoms with van der Waals surface area (Å²) in [6, 6.07) is 10.0. The highest BCUT2D eigenvalue weighted by Gasteiger charge is 2.39. The van der Waals surface area contributed by atoms with Crippen molar-refractivity contribution in [1.29, 1.82) is 0 Å². The fourth-order valence-electron chi connectivity index (χ4n) is 3.05. The van der Waals surface area contributed by atoms with Gasteiger partial charge >= 0.3 is 5.97 Å². The highest BCUT2D eigenvalue weighted by Crippen LogP contribution is 2.35. The second-order valence-electron chi connectivity index (χ2n) is 5.84. The summed E-state index contributed by atoms with van der Waals surface area (Å²) in [6.07, 6.45) is 2.28. The Balaban J connectivity index is 1.96. The number of likely N-dealkylation sites (tertiary alicyclic amines) is 1. The molecule has 2 rings (SSSR count). The number of nitrogens with zero attached hydrogens (tertiary/aromatic N) is 1. The first-order valence-corrected chi connectivity index (χ1v) is 7.71. The fraction of sp³-hybridized carbons (Fsp3) is 0.529. The number of benzene rings is 1. The zero-order valence-electron chi connectivity index (χ0n) is 13.1. The van der Waals surface area contributed by atoms with Gasteiger partial charge < -0.3 is 15.4 Å². The Hall–Kier alpha value is -1.88. The van der Waals surface area contributed by atoms with Crippen LogP contribution >= 0.6 is 0 Å². The van der Waals surface area contributed by atoms with E-state index in [9.17, 15) is 9.59 Å². The van der Waals surface area contributed by atoms with E-state index in [4.69, 9.17) is 5.73 Å². The molecule has 0 aromatic heterocycles. The van der Waals surface area contributed by atoms with Gasteiger partial charge in [-0.05, 0) is 18.4 Å². The molecule has 0 aliphatic carbocycles. The maximum absolute atomic E-state index is 12.4. The average Bonchev–Trinajstić information content (AvgIpc) is 2.57. The van der Waals surface area contributed by atoms with Crippen LogP contribution in [0.5, 0.6) is 0 Å². The molecule has 1 heterocycles. The molecule has 0 bridgehead atoms. The first-order chi connectivity index (χ1) is 10.6. The van der Waals surface area contributed by atoms with Gasteiger partial charge in [0, 0.05) is 37.9 Å². The Kier molecular flexibility index (Phi) is 5.55. The topological polar surface area (TPSA) is 72.6 Å². The maximum Gasteiger partial charge on any atom is 0.305 e. The van der Waals surface area contributed by atoms with E-state index in [1.54, 1.807) is 0 Å². The third-order valence-electron chi connectivity index (χ3n) is 4.52. The van der Waals surface area contributed by atoms with Crippen LogP contribution in [0.2, 0.25) is 0 Å². The third kappa shape index (κ3) is 3.65. The molecule has 1 aliphatic rings. The molecule has 1 fully saturated rings. The van der Waals surface area contributed by atoms with Gasteiger partial charge in [-0.25, -0.2) is 0 Å². The number of rotatable bonds is 6. The molecule has 1 aliphatic heterocycles. The van der Waals surface area contributed by atoms with Crippen LogP contribution in [0.1, 0.15) is 31.2 Å². The molecule has 1 aromatic rings. The lowest BCUT2D eigenvalue weighted by molar-refractivity contribution is -0.142. The lowest BCUT2D eigenvalue weighted by Gasteiger charge is -2.41. The molecule has 1 aromatic carbocycles. The van der Waals surface area contributed by atoms with Gasteiger partial charge in [-0.1, -0.05) is 30.3 Å². The molecule has 1 saturated heterocycles. The predicted octanol–water partition coefficient (Wildman–Crippen LogP) is 1.46. The van der Waals surface area contributed by atoms with Crippen LogP contribution < -0.4 is 5.73 Å². The van der Waals surface area contributed by atoms with Crippen LogP contribution in [-0.4, -0.2) is 43.5 Å². The minimum absolute atomic E-state index is 0.116. The smallest absolute Gasteiger partial charge is 0.305 e. The largest absolute Gasteiger partial charge is 0.469 e. The van der Waals surface area contributed by atoms with E-state index in [2.05, 4.69) is 4.74 Å². The van der Waals surface area contributed by atoms with E-state index >= 15 is 0 Å². The van der Waals surface area contributed by atoms with Crippen molar-refractivity contribution in [3.8, 4) is 0 Å². The van der Waals surface area contributed by atoms with Gasteiger partial charge in [0.25, 0.3) is 0 Å². The quantitative estimate of drug-likeness (QED) is 0.808. The van der Waals surface area contributed by atoms with Gasteiger partial charge in [0.1, 0.15) is 0 Å². The van der Waals surface area contributed by atoms with E-state index in [1.165, 1.54) is 7.11 Å². The van der Waals surface area contributed by atoms with Crippen molar-refractivity contribution in [3.05, 3.63) is 35.9 Å². The van der Waals surface area contributed by atoms with Crippen LogP contribution in [0.3, 0.4) is 0 Å². The minimum atomic E-state index is -0.253. The maximum atomic E-state index is 12.4. The van der Waals surface area contributed by atoms with Crippen LogP contribution in [0.15, 0.2) is 30.3 Å². The molecule has 22 heavy (non-hydrogen) atoms. The van der Waals surface area contributed by atoms with Crippen molar-refractivity contribution in [2.24, 2.45) is 5.73 Å². The summed E-state index contributed by atoms with van der Waals surface area (Å²) in [5, 5.41) is 0. The second-order valence-corrected chi connectivity index (χ2v) is 5.84. The number of piperidine rings is 1. The molecule has 0 saturated carbocycles. The number of hydrogen-bond acceptors (Lipinski definition) is 4. The average molecular weight is 304 g/mol. The number of esters is 1. The number of carbonyl (C=O) groups is 2. The Bertz CT molecular complexity index is 518. The van der Waals surface area contributed by atoms with Crippen molar-refractivity contribution in [3.63, 3.8) is 0 Å². The predicted molar refractivity (Wildman–Crippen MR) is 84.2 cm³/mol. The highest BCUT2D eigenvalue weighted by molar-refractivity contribution is 5.79. The van der Waals surface area contributed by atoms with Crippen molar-refractivity contribution in [1.82, 2.24) is 4.90 Å². The molecule has 2 N–H and O–H groups in total. The van der Waals surface area contributed by atoms with Crippen LogP contribution in [-0.2, 0) is 19.7 Å². The minimum Gasteiger partial charge on any atom is -0.469 e. The Morgan fingerprint density at radius 3 is 2.68 bits per heavy atom. The Morgan fingerprint density at radius 1 is 1.36 bits per heavy atom. The molecule has 1 atom stereocenters. The van der Waals surface area contributed by atoms with Gasteiger partial charge in [-0.15, -0.1) is 0 Å². The summed E-state index contributed by atoms with van der Waals surface area (Å²) >= 11 is 0. The lowest BCUT2D eigenvalue weighted by Crippen LogP contribution is -2.50. The van der Waals surface area contributed by atoms with Crippen LogP contribution in [0, 0.1) is 0 Å². The molecular formula is C17H24N2O3. The SMILES string of the molecule is COC(=O)CCCN1CC[C@](CN)(c2ccccc2)CC1=O. The van der Waals surface area contributed by atoms with Crippen molar-refractivity contribution >= 4 is 11.9 Å². The summed E-state index contributed by atoms with van der Waals surface area (Å²) in [5.74, 6) is -0.115. The second kappa shape index (κ2) is 7.40. The van der Waals surface area contributed by atoms with Gasteiger partial charge in [0.2, 0.25) is 5.91 Å². The van der Waals surface area contributed by atoms with E-state index in [0.717, 1.165) is 12.0 Å². The summed E-state index contributed by atoms with van der Waals surface area (Å²) in [6.45, 7) is 1.76. The first kappa shape index (κ1) is 16.5. The summed E-state index contributed by atoms with van der Waals surface area (Å²) in [4.78, 5) is 25.4. The van der Waals surface area contributed by atoms with Crippen molar-refractivity contribution in [2.45, 2.75) is 31.1 Å². The van der Waals surface area contributed by atoms with Crippen molar-refractivity contribution in [2.75, 3.05) is 26.7 Å². The molecule has 1 amide bonds. The normalized spacial score (nSPS) is 21.7. The molecular weight excluding hydrogens is 280 g/mol. The summed E-state index contributed by atoms with van der Waals surface area (Å²) < 4.78 is 4.62. The number of ether oxygens (including phenoxy) is 1. The number of hydrogen-bond donors (Lipinski definition) is 1. The lowest BCUT2D eigenvalue weighted by atomic mass is 9.72. The van der Waals surface area contributed by atoms with Gasteiger partial charge in [0.05, 0.1) is 7.11 Å². The van der Waals surface area contributed by atoms with Gasteiger partial charge in [-0.2, -0.15) is 0 Å². The molecule has 0 unspecified atom stereocenters. The molecule has 0 spiro atoms. The van der Waals surface area contributed by atoms with Crippen molar-refractivity contribution < 1.29 is 14.3 Å².